The van der Waals surface area contributed by atoms with Crippen molar-refractivity contribution in [3.63, 3.8) is 0 Å². The number of hydrazine groups is 1. The molecule has 3 N–H and O–H groups in total. The number of alkyl halides is 3. The van der Waals surface area contributed by atoms with Gasteiger partial charge in [0.05, 0.1) is 10.6 Å². The topological polar surface area (TPSA) is 66.3 Å². The molecular weight excluding hydrogens is 451 g/mol. The molecule has 0 bridgehead atoms. The number of halogens is 4. The molecule has 1 amide bonds. The summed E-state index contributed by atoms with van der Waals surface area (Å²) in [5.41, 5.74) is 5.95. The Bertz CT molecular complexity index is 1120. The third-order valence-corrected chi connectivity index (χ3v) is 4.86. The molecule has 0 radical (unpaired) electrons. The summed E-state index contributed by atoms with van der Waals surface area (Å²) in [4.78, 5) is 12.3. The fourth-order valence-corrected chi connectivity index (χ4v) is 3.18. The highest BCUT2D eigenvalue weighted by Crippen LogP contribution is 2.37. The van der Waals surface area contributed by atoms with Gasteiger partial charge in [-0.25, -0.2) is 0 Å². The van der Waals surface area contributed by atoms with Crippen LogP contribution in [0.4, 0.5) is 18.9 Å². The minimum absolute atomic E-state index is 0.0879. The maximum absolute atomic E-state index is 13.1. The van der Waals surface area contributed by atoms with Gasteiger partial charge in [0.2, 0.25) is 0 Å². The fourth-order valence-electron chi connectivity index (χ4n) is 2.79. The number of rotatable bonds is 4. The molecule has 3 aromatic rings. The van der Waals surface area contributed by atoms with Crippen LogP contribution in [0.15, 0.2) is 59.0 Å². The molecule has 0 fully saturated rings. The molecule has 3 rings (SSSR count). The molecule has 0 aliphatic rings. The van der Waals surface area contributed by atoms with Crippen molar-refractivity contribution in [3.8, 4) is 11.3 Å². The maximum Gasteiger partial charge on any atom is 0.417 e. The smallest absolute Gasteiger partial charge is 0.417 e. The van der Waals surface area contributed by atoms with Crippen LogP contribution in [0.2, 0.25) is 5.02 Å². The second-order valence-corrected chi connectivity index (χ2v) is 7.22. The first kappa shape index (κ1) is 22.6. The molecule has 1 aromatic heterocycles. The Hall–Kier alpha value is -3.04. The highest BCUT2D eigenvalue weighted by Gasteiger charge is 2.33. The van der Waals surface area contributed by atoms with Crippen LogP contribution in [-0.4, -0.2) is 11.0 Å². The predicted molar refractivity (Wildman–Crippen MR) is 117 cm³/mol. The minimum Gasteiger partial charge on any atom is -0.451 e. The van der Waals surface area contributed by atoms with E-state index in [2.05, 4.69) is 16.2 Å². The predicted octanol–water partition coefficient (Wildman–Crippen LogP) is 5.81. The standard InChI is InChI=1S/C21H17ClF3N3O2S/c1-2-12-5-3-4-6-16(12)26-20(31)28-27-19(29)18-10-9-17(30-18)13-7-8-15(22)14(11-13)21(23,24)25/h3-11H,2H2,1H3,(H,27,29)(H2,26,28,31). The summed E-state index contributed by atoms with van der Waals surface area (Å²) in [6.07, 6.45) is -3.81. The van der Waals surface area contributed by atoms with E-state index in [4.69, 9.17) is 28.2 Å². The zero-order chi connectivity index (χ0) is 22.6. The van der Waals surface area contributed by atoms with E-state index >= 15 is 0 Å². The molecule has 0 atom stereocenters. The minimum atomic E-state index is -4.61. The van der Waals surface area contributed by atoms with Gasteiger partial charge in [-0.05, 0) is 60.6 Å². The van der Waals surface area contributed by atoms with Crippen molar-refractivity contribution in [2.75, 3.05) is 5.32 Å². The molecule has 0 saturated heterocycles. The summed E-state index contributed by atoms with van der Waals surface area (Å²) in [5, 5.41) is 2.72. The summed E-state index contributed by atoms with van der Waals surface area (Å²) in [6.45, 7) is 2.01. The molecule has 0 aliphatic heterocycles. The molecule has 0 saturated carbocycles. The summed E-state index contributed by atoms with van der Waals surface area (Å²) in [6, 6.07) is 13.7. The van der Waals surface area contributed by atoms with E-state index in [1.165, 1.54) is 18.2 Å². The quantitative estimate of drug-likeness (QED) is 0.333. The molecular formula is C21H17ClF3N3O2S. The van der Waals surface area contributed by atoms with Crippen LogP contribution >= 0.6 is 23.8 Å². The van der Waals surface area contributed by atoms with Gasteiger partial charge in [-0.2, -0.15) is 13.2 Å². The number of aryl methyl sites for hydroxylation is 1. The first-order chi connectivity index (χ1) is 14.7. The van der Waals surface area contributed by atoms with Gasteiger partial charge in [0.15, 0.2) is 10.9 Å². The number of hydrogen-bond donors (Lipinski definition) is 3. The summed E-state index contributed by atoms with van der Waals surface area (Å²) >= 11 is 10.8. The highest BCUT2D eigenvalue weighted by atomic mass is 35.5. The Morgan fingerprint density at radius 3 is 2.55 bits per heavy atom. The third kappa shape index (κ3) is 5.56. The van der Waals surface area contributed by atoms with Crippen LogP contribution in [0.1, 0.15) is 28.6 Å². The summed E-state index contributed by atoms with van der Waals surface area (Å²) < 4.78 is 44.6. The highest BCUT2D eigenvalue weighted by molar-refractivity contribution is 7.80. The number of hydrogen-bond acceptors (Lipinski definition) is 3. The number of thiocarbonyl (C=S) groups is 1. The number of amides is 1. The average molecular weight is 468 g/mol. The molecule has 2 aromatic carbocycles. The molecule has 162 valence electrons. The van der Waals surface area contributed by atoms with Gasteiger partial charge in [0.1, 0.15) is 5.76 Å². The Morgan fingerprint density at radius 2 is 1.84 bits per heavy atom. The van der Waals surface area contributed by atoms with E-state index in [1.807, 2.05) is 31.2 Å². The molecule has 0 aliphatic carbocycles. The summed E-state index contributed by atoms with van der Waals surface area (Å²) in [5.74, 6) is -0.670. The second-order valence-electron chi connectivity index (χ2n) is 6.40. The summed E-state index contributed by atoms with van der Waals surface area (Å²) in [7, 11) is 0. The molecule has 5 nitrogen and oxygen atoms in total. The van der Waals surface area contributed by atoms with Gasteiger partial charge >= 0.3 is 12.1 Å². The monoisotopic (exact) mass is 467 g/mol. The number of para-hydroxylation sites is 1. The first-order valence-corrected chi connectivity index (χ1v) is 9.90. The van der Waals surface area contributed by atoms with Crippen LogP contribution in [0.25, 0.3) is 11.3 Å². The number of anilines is 1. The lowest BCUT2D eigenvalue weighted by Gasteiger charge is -2.13. The SMILES string of the molecule is CCc1ccccc1NC(=S)NNC(=O)c1ccc(-c2ccc(Cl)c(C(F)(F)F)c2)o1. The van der Waals surface area contributed by atoms with E-state index < -0.39 is 22.7 Å². The fraction of sp³-hybridized carbons (Fsp3) is 0.143. The van der Waals surface area contributed by atoms with Crippen LogP contribution in [0.3, 0.4) is 0 Å². The van der Waals surface area contributed by atoms with Crippen LogP contribution in [0, 0.1) is 0 Å². The van der Waals surface area contributed by atoms with Crippen molar-refractivity contribution in [1.29, 1.82) is 0 Å². The number of benzene rings is 2. The van der Waals surface area contributed by atoms with Crippen LogP contribution in [-0.2, 0) is 12.6 Å². The lowest BCUT2D eigenvalue weighted by atomic mass is 10.1. The number of furan rings is 1. The Balaban J connectivity index is 1.65. The zero-order valence-corrected chi connectivity index (χ0v) is 17.7. The molecule has 1 heterocycles. The average Bonchev–Trinajstić information content (AvgIpc) is 3.22. The van der Waals surface area contributed by atoms with Crippen molar-refractivity contribution in [1.82, 2.24) is 10.9 Å². The van der Waals surface area contributed by atoms with Crippen LogP contribution in [0.5, 0.6) is 0 Å². The Morgan fingerprint density at radius 1 is 1.10 bits per heavy atom. The van der Waals surface area contributed by atoms with Crippen molar-refractivity contribution >= 4 is 40.5 Å². The molecule has 10 heteroatoms. The molecule has 0 spiro atoms. The van der Waals surface area contributed by atoms with Gasteiger partial charge in [-0.3, -0.25) is 15.6 Å². The van der Waals surface area contributed by atoms with E-state index in [0.29, 0.717) is 0 Å². The third-order valence-electron chi connectivity index (χ3n) is 4.32. The molecule has 0 unspecified atom stereocenters. The maximum atomic E-state index is 13.1. The number of carbonyl (C=O) groups is 1. The van der Waals surface area contributed by atoms with Gasteiger partial charge in [-0.15, -0.1) is 0 Å². The number of nitrogens with one attached hydrogen (secondary N) is 3. The van der Waals surface area contributed by atoms with Crippen LogP contribution < -0.4 is 16.2 Å². The van der Waals surface area contributed by atoms with E-state index in [-0.39, 0.29) is 22.2 Å². The van der Waals surface area contributed by atoms with Gasteiger partial charge < -0.3 is 9.73 Å². The van der Waals surface area contributed by atoms with Crippen molar-refractivity contribution in [2.45, 2.75) is 19.5 Å². The van der Waals surface area contributed by atoms with Gasteiger partial charge in [0.25, 0.3) is 0 Å². The Kier molecular flexibility index (Phi) is 6.87. The zero-order valence-electron chi connectivity index (χ0n) is 16.1. The molecule has 31 heavy (non-hydrogen) atoms. The van der Waals surface area contributed by atoms with Crippen molar-refractivity contribution < 1.29 is 22.4 Å². The number of carbonyl (C=O) groups excluding carboxylic acids is 1. The van der Waals surface area contributed by atoms with Gasteiger partial charge in [-0.1, -0.05) is 36.7 Å². The largest absolute Gasteiger partial charge is 0.451 e. The van der Waals surface area contributed by atoms with E-state index in [9.17, 15) is 18.0 Å². The van der Waals surface area contributed by atoms with E-state index in [1.54, 1.807) is 0 Å². The first-order valence-electron chi connectivity index (χ1n) is 9.11. The van der Waals surface area contributed by atoms with Crippen molar-refractivity contribution in [3.05, 3.63) is 76.5 Å². The second kappa shape index (κ2) is 9.40. The lowest BCUT2D eigenvalue weighted by molar-refractivity contribution is -0.137. The van der Waals surface area contributed by atoms with Crippen molar-refractivity contribution in [2.24, 2.45) is 0 Å². The normalized spacial score (nSPS) is 11.1. The lowest BCUT2D eigenvalue weighted by Crippen LogP contribution is -2.43. The van der Waals surface area contributed by atoms with E-state index in [0.717, 1.165) is 29.8 Å². The Labute approximate surface area is 186 Å². The van der Waals surface area contributed by atoms with Gasteiger partial charge in [0, 0.05) is 11.3 Å².